The number of hydrogen-bond acceptors (Lipinski definition) is 5. The van der Waals surface area contributed by atoms with Crippen LogP contribution in [-0.4, -0.2) is 16.0 Å². The topological polar surface area (TPSA) is 63.8 Å². The van der Waals surface area contributed by atoms with Crippen LogP contribution in [0.5, 0.6) is 0 Å². The van der Waals surface area contributed by atoms with Crippen LogP contribution < -0.4 is 11.1 Å². The molecule has 0 radical (unpaired) electrons. The van der Waals surface area contributed by atoms with Gasteiger partial charge in [-0.05, 0) is 36.1 Å². The van der Waals surface area contributed by atoms with E-state index in [1.165, 1.54) is 19.3 Å². The second-order valence-electron chi connectivity index (χ2n) is 5.43. The molecule has 0 spiro atoms. The van der Waals surface area contributed by atoms with Crippen LogP contribution in [0.15, 0.2) is 11.4 Å². The van der Waals surface area contributed by atoms with Crippen LogP contribution in [0.3, 0.4) is 0 Å². The summed E-state index contributed by atoms with van der Waals surface area (Å²) in [4.78, 5) is 9.62. The van der Waals surface area contributed by atoms with Crippen molar-refractivity contribution in [3.8, 4) is 0 Å². The predicted molar refractivity (Wildman–Crippen MR) is 81.4 cm³/mol. The molecule has 19 heavy (non-hydrogen) atoms. The second kappa shape index (κ2) is 4.96. The SMILES string of the molecule is CCC1CCC(Nc2nc(N)nc3sccc23)C1C. The van der Waals surface area contributed by atoms with E-state index in [0.29, 0.717) is 17.9 Å². The van der Waals surface area contributed by atoms with Gasteiger partial charge in [-0.2, -0.15) is 4.98 Å². The first-order valence-corrected chi connectivity index (χ1v) is 7.84. The number of fused-ring (bicyclic) bond motifs is 1. The maximum absolute atomic E-state index is 5.79. The number of anilines is 2. The fourth-order valence-corrected chi connectivity index (χ4v) is 3.96. The monoisotopic (exact) mass is 276 g/mol. The molecule has 3 unspecified atom stereocenters. The number of aromatic nitrogens is 2. The summed E-state index contributed by atoms with van der Waals surface area (Å²) in [6.07, 6.45) is 3.79. The highest BCUT2D eigenvalue weighted by Crippen LogP contribution is 2.36. The lowest BCUT2D eigenvalue weighted by atomic mass is 9.93. The molecule has 0 aromatic carbocycles. The third kappa shape index (κ3) is 2.27. The number of thiophene rings is 1. The molecule has 2 aromatic heterocycles. The van der Waals surface area contributed by atoms with E-state index in [1.54, 1.807) is 11.3 Å². The molecule has 0 bridgehead atoms. The highest BCUT2D eigenvalue weighted by molar-refractivity contribution is 7.16. The molecule has 102 valence electrons. The average Bonchev–Trinajstić information content (AvgIpc) is 2.97. The first-order valence-electron chi connectivity index (χ1n) is 6.96. The minimum atomic E-state index is 0.357. The number of nitrogen functional groups attached to an aromatic ring is 1. The lowest BCUT2D eigenvalue weighted by Gasteiger charge is -2.21. The van der Waals surface area contributed by atoms with Crippen LogP contribution in [0, 0.1) is 11.8 Å². The van der Waals surface area contributed by atoms with Gasteiger partial charge in [0.1, 0.15) is 10.6 Å². The standard InChI is InChI=1S/C14H20N4S/c1-3-9-4-5-11(8(9)2)16-12-10-6-7-19-13(10)18-14(15)17-12/h6-9,11H,3-5H2,1-2H3,(H3,15,16,17,18). The quantitative estimate of drug-likeness (QED) is 0.900. The summed E-state index contributed by atoms with van der Waals surface area (Å²) in [5.41, 5.74) is 5.79. The molecule has 0 saturated heterocycles. The van der Waals surface area contributed by atoms with Crippen LogP contribution in [0.4, 0.5) is 11.8 Å². The smallest absolute Gasteiger partial charge is 0.223 e. The molecule has 5 heteroatoms. The van der Waals surface area contributed by atoms with Gasteiger partial charge in [0.25, 0.3) is 0 Å². The van der Waals surface area contributed by atoms with E-state index in [0.717, 1.165) is 22.0 Å². The van der Waals surface area contributed by atoms with Crippen molar-refractivity contribution in [1.29, 1.82) is 0 Å². The van der Waals surface area contributed by atoms with Gasteiger partial charge in [-0.25, -0.2) is 4.98 Å². The maximum Gasteiger partial charge on any atom is 0.223 e. The number of hydrogen-bond donors (Lipinski definition) is 2. The minimum Gasteiger partial charge on any atom is -0.368 e. The number of nitrogens with two attached hydrogens (primary N) is 1. The highest BCUT2D eigenvalue weighted by Gasteiger charge is 2.31. The zero-order chi connectivity index (χ0) is 13.4. The summed E-state index contributed by atoms with van der Waals surface area (Å²) in [6, 6.07) is 2.57. The Kier molecular flexibility index (Phi) is 3.31. The van der Waals surface area contributed by atoms with Gasteiger partial charge in [-0.15, -0.1) is 11.3 Å². The van der Waals surface area contributed by atoms with Crippen molar-refractivity contribution in [3.63, 3.8) is 0 Å². The Balaban J connectivity index is 1.87. The van der Waals surface area contributed by atoms with Gasteiger partial charge >= 0.3 is 0 Å². The average molecular weight is 276 g/mol. The zero-order valence-electron chi connectivity index (χ0n) is 11.4. The molecule has 1 aliphatic rings. The first-order chi connectivity index (χ1) is 9.19. The van der Waals surface area contributed by atoms with Crippen molar-refractivity contribution in [2.75, 3.05) is 11.1 Å². The summed E-state index contributed by atoms with van der Waals surface area (Å²) < 4.78 is 0. The molecule has 3 atom stereocenters. The van der Waals surface area contributed by atoms with Crippen LogP contribution in [-0.2, 0) is 0 Å². The molecule has 3 rings (SSSR count). The van der Waals surface area contributed by atoms with Crippen molar-refractivity contribution in [1.82, 2.24) is 9.97 Å². The van der Waals surface area contributed by atoms with Gasteiger partial charge in [0, 0.05) is 6.04 Å². The molecular formula is C14H20N4S. The molecule has 1 saturated carbocycles. The normalized spacial score (nSPS) is 26.9. The van der Waals surface area contributed by atoms with Crippen LogP contribution in [0.1, 0.15) is 33.1 Å². The van der Waals surface area contributed by atoms with E-state index in [-0.39, 0.29) is 0 Å². The van der Waals surface area contributed by atoms with Gasteiger partial charge in [0.05, 0.1) is 5.39 Å². The summed E-state index contributed by atoms with van der Waals surface area (Å²) in [5, 5.41) is 6.73. The number of rotatable bonds is 3. The molecule has 0 aliphatic heterocycles. The number of nitrogens with one attached hydrogen (secondary N) is 1. The fraction of sp³-hybridized carbons (Fsp3) is 0.571. The Morgan fingerprint density at radius 3 is 3.00 bits per heavy atom. The highest BCUT2D eigenvalue weighted by atomic mass is 32.1. The number of nitrogens with zero attached hydrogens (tertiary/aromatic N) is 2. The molecule has 1 aliphatic carbocycles. The van der Waals surface area contributed by atoms with Gasteiger partial charge in [-0.3, -0.25) is 0 Å². The largest absolute Gasteiger partial charge is 0.368 e. The maximum atomic E-state index is 5.79. The molecule has 3 N–H and O–H groups in total. The Hall–Kier alpha value is -1.36. The van der Waals surface area contributed by atoms with E-state index in [9.17, 15) is 0 Å². The molecule has 4 nitrogen and oxygen atoms in total. The minimum absolute atomic E-state index is 0.357. The Labute approximate surface area is 117 Å². The van der Waals surface area contributed by atoms with E-state index in [4.69, 9.17) is 5.73 Å². The van der Waals surface area contributed by atoms with Crippen LogP contribution in [0.25, 0.3) is 10.2 Å². The van der Waals surface area contributed by atoms with Gasteiger partial charge in [0.2, 0.25) is 5.95 Å². The lowest BCUT2D eigenvalue weighted by Crippen LogP contribution is -2.25. The lowest BCUT2D eigenvalue weighted by molar-refractivity contribution is 0.391. The van der Waals surface area contributed by atoms with Gasteiger partial charge in [-0.1, -0.05) is 20.3 Å². The van der Waals surface area contributed by atoms with Crippen molar-refractivity contribution in [3.05, 3.63) is 11.4 Å². The third-order valence-corrected chi connectivity index (χ3v) is 5.22. The van der Waals surface area contributed by atoms with Crippen molar-refractivity contribution < 1.29 is 0 Å². The van der Waals surface area contributed by atoms with E-state index >= 15 is 0 Å². The van der Waals surface area contributed by atoms with E-state index in [1.807, 2.05) is 5.38 Å². The Morgan fingerprint density at radius 2 is 2.26 bits per heavy atom. The molecule has 0 amide bonds. The first kappa shape index (κ1) is 12.7. The summed E-state index contributed by atoms with van der Waals surface area (Å²) in [5.74, 6) is 2.78. The summed E-state index contributed by atoms with van der Waals surface area (Å²) in [7, 11) is 0. The Morgan fingerprint density at radius 1 is 1.42 bits per heavy atom. The molecule has 1 fully saturated rings. The zero-order valence-corrected chi connectivity index (χ0v) is 12.2. The predicted octanol–water partition coefficient (Wildman–Crippen LogP) is 3.51. The van der Waals surface area contributed by atoms with E-state index in [2.05, 4.69) is 35.2 Å². The van der Waals surface area contributed by atoms with Crippen molar-refractivity contribution >= 4 is 33.3 Å². The van der Waals surface area contributed by atoms with Crippen LogP contribution in [0.2, 0.25) is 0 Å². The van der Waals surface area contributed by atoms with Gasteiger partial charge in [0.15, 0.2) is 0 Å². The fourth-order valence-electron chi connectivity index (χ4n) is 3.19. The molecule has 2 aromatic rings. The summed E-state index contributed by atoms with van der Waals surface area (Å²) in [6.45, 7) is 4.62. The molecular weight excluding hydrogens is 256 g/mol. The van der Waals surface area contributed by atoms with Crippen molar-refractivity contribution in [2.45, 2.75) is 39.2 Å². The molecule has 2 heterocycles. The van der Waals surface area contributed by atoms with E-state index < -0.39 is 0 Å². The second-order valence-corrected chi connectivity index (χ2v) is 6.32. The third-order valence-electron chi connectivity index (χ3n) is 4.42. The Bertz CT molecular complexity index is 580. The van der Waals surface area contributed by atoms with Crippen LogP contribution >= 0.6 is 11.3 Å². The van der Waals surface area contributed by atoms with Gasteiger partial charge < -0.3 is 11.1 Å². The van der Waals surface area contributed by atoms with Crippen molar-refractivity contribution in [2.24, 2.45) is 11.8 Å². The summed E-state index contributed by atoms with van der Waals surface area (Å²) >= 11 is 1.61.